The fraction of sp³-hybridized carbons (Fsp3) is 0.846. The molecular formula is C13H24Si. The highest BCUT2D eigenvalue weighted by molar-refractivity contribution is 6.81. The first kappa shape index (κ1) is 10.5. The minimum absolute atomic E-state index is 0.565. The van der Waals surface area contributed by atoms with Crippen LogP contribution in [0.25, 0.3) is 0 Å². The van der Waals surface area contributed by atoms with Crippen molar-refractivity contribution in [1.29, 1.82) is 0 Å². The summed E-state index contributed by atoms with van der Waals surface area (Å²) >= 11 is 0. The summed E-state index contributed by atoms with van der Waals surface area (Å²) in [5, 5.41) is 0.565. The average molecular weight is 208 g/mol. The maximum Gasteiger partial charge on any atom is 0.0564 e. The van der Waals surface area contributed by atoms with Crippen molar-refractivity contribution in [3.05, 3.63) is 12.2 Å². The third-order valence-electron chi connectivity index (χ3n) is 5.14. The van der Waals surface area contributed by atoms with E-state index in [9.17, 15) is 0 Å². The highest BCUT2D eigenvalue weighted by Crippen LogP contribution is 2.57. The molecule has 0 amide bonds. The molecule has 0 aromatic rings. The highest BCUT2D eigenvalue weighted by Gasteiger charge is 2.49. The van der Waals surface area contributed by atoms with Crippen molar-refractivity contribution < 1.29 is 0 Å². The maximum atomic E-state index is 2.60. The first-order valence-electron chi connectivity index (χ1n) is 6.01. The van der Waals surface area contributed by atoms with E-state index in [1.807, 2.05) is 0 Å². The molecule has 3 atom stereocenters. The van der Waals surface area contributed by atoms with Gasteiger partial charge in [0.15, 0.2) is 0 Å². The molecule has 0 N–H and O–H groups in total. The Balaban J connectivity index is 2.20. The number of rotatable bonds is 1. The Morgan fingerprint density at radius 2 is 1.71 bits per heavy atom. The van der Waals surface area contributed by atoms with Gasteiger partial charge in [0.25, 0.3) is 0 Å². The monoisotopic (exact) mass is 208 g/mol. The molecule has 0 spiro atoms. The lowest BCUT2D eigenvalue weighted by molar-refractivity contribution is 0.612. The Hall–Kier alpha value is -0.0431. The normalized spacial score (nSPS) is 36.8. The Morgan fingerprint density at radius 1 is 1.07 bits per heavy atom. The van der Waals surface area contributed by atoms with Gasteiger partial charge < -0.3 is 0 Å². The minimum atomic E-state index is -1.08. The summed E-state index contributed by atoms with van der Waals surface area (Å²) < 4.78 is 0. The van der Waals surface area contributed by atoms with Crippen LogP contribution in [0.4, 0.5) is 0 Å². The molecule has 0 radical (unpaired) electrons. The van der Waals surface area contributed by atoms with Gasteiger partial charge in [0, 0.05) is 0 Å². The van der Waals surface area contributed by atoms with Gasteiger partial charge in [0.05, 0.1) is 8.07 Å². The summed E-state index contributed by atoms with van der Waals surface area (Å²) in [4.78, 5) is 0. The van der Waals surface area contributed by atoms with Crippen LogP contribution in [0.1, 0.15) is 33.6 Å². The van der Waals surface area contributed by atoms with Crippen LogP contribution in [0.3, 0.4) is 0 Å². The molecule has 1 heteroatoms. The Labute approximate surface area is 89.8 Å². The zero-order chi connectivity index (χ0) is 10.6. The summed E-state index contributed by atoms with van der Waals surface area (Å²) in [6.45, 7) is 12.6. The van der Waals surface area contributed by atoms with E-state index in [4.69, 9.17) is 0 Å². The molecule has 14 heavy (non-hydrogen) atoms. The molecule has 0 nitrogen and oxygen atoms in total. The largest absolute Gasteiger partial charge is 0.0851 e. The standard InChI is InChI=1S/C13H24Si/c1-13(2,3)14(4,5)12-9-10-6-7-11(12)8-10/h6-7,10-12H,8-9H2,1-5H3. The molecule has 1 saturated carbocycles. The fourth-order valence-corrected chi connectivity index (χ4v) is 6.49. The molecule has 2 bridgehead atoms. The molecule has 2 rings (SSSR count). The number of allylic oxidation sites excluding steroid dienone is 2. The topological polar surface area (TPSA) is 0 Å². The van der Waals surface area contributed by atoms with Gasteiger partial charge >= 0.3 is 0 Å². The van der Waals surface area contributed by atoms with E-state index < -0.39 is 8.07 Å². The SMILES string of the molecule is CC(C)(C)[Si](C)(C)C1CC2C=CC1C2. The highest BCUT2D eigenvalue weighted by atomic mass is 28.3. The summed E-state index contributed by atoms with van der Waals surface area (Å²) in [6.07, 6.45) is 7.95. The molecule has 0 aromatic heterocycles. The quantitative estimate of drug-likeness (QED) is 0.441. The van der Waals surface area contributed by atoms with E-state index in [1.54, 1.807) is 0 Å². The summed E-state index contributed by atoms with van der Waals surface area (Å²) in [6, 6.07) is 0. The Morgan fingerprint density at radius 3 is 2.07 bits per heavy atom. The second-order valence-electron chi connectivity index (χ2n) is 6.86. The zero-order valence-electron chi connectivity index (χ0n) is 10.3. The third-order valence-corrected chi connectivity index (χ3v) is 11.5. The molecule has 2 aliphatic rings. The van der Waals surface area contributed by atoms with Crippen LogP contribution in [0.5, 0.6) is 0 Å². The molecule has 80 valence electrons. The van der Waals surface area contributed by atoms with Crippen molar-refractivity contribution in [2.75, 3.05) is 0 Å². The van der Waals surface area contributed by atoms with Crippen LogP contribution >= 0.6 is 0 Å². The van der Waals surface area contributed by atoms with Crippen LogP contribution in [-0.4, -0.2) is 8.07 Å². The number of hydrogen-bond acceptors (Lipinski definition) is 0. The fourth-order valence-electron chi connectivity index (χ4n) is 3.17. The van der Waals surface area contributed by atoms with Gasteiger partial charge in [-0.25, -0.2) is 0 Å². The second-order valence-corrected chi connectivity index (χ2v) is 12.5. The van der Waals surface area contributed by atoms with E-state index in [1.165, 1.54) is 12.8 Å². The van der Waals surface area contributed by atoms with E-state index in [-0.39, 0.29) is 0 Å². The van der Waals surface area contributed by atoms with Gasteiger partial charge in [0.2, 0.25) is 0 Å². The second kappa shape index (κ2) is 2.97. The molecule has 0 heterocycles. The molecule has 1 fully saturated rings. The van der Waals surface area contributed by atoms with Gasteiger partial charge in [-0.3, -0.25) is 0 Å². The van der Waals surface area contributed by atoms with Crippen LogP contribution in [0, 0.1) is 11.8 Å². The molecule has 0 saturated heterocycles. The number of fused-ring (bicyclic) bond motifs is 2. The Kier molecular flexibility index (Phi) is 2.23. The average Bonchev–Trinajstić information content (AvgIpc) is 2.61. The van der Waals surface area contributed by atoms with Crippen molar-refractivity contribution in [2.45, 2.75) is 57.3 Å². The minimum Gasteiger partial charge on any atom is -0.0851 e. The van der Waals surface area contributed by atoms with Crippen LogP contribution < -0.4 is 0 Å². The maximum absolute atomic E-state index is 2.60. The summed E-state index contributed by atoms with van der Waals surface area (Å²) in [5.74, 6) is 1.89. The number of hydrogen-bond donors (Lipinski definition) is 0. The van der Waals surface area contributed by atoms with Crippen LogP contribution in [-0.2, 0) is 0 Å². The molecular weight excluding hydrogens is 184 g/mol. The summed E-state index contributed by atoms with van der Waals surface area (Å²) in [5.41, 5.74) is 1.05. The van der Waals surface area contributed by atoms with Crippen molar-refractivity contribution in [1.82, 2.24) is 0 Å². The van der Waals surface area contributed by atoms with E-state index >= 15 is 0 Å². The van der Waals surface area contributed by atoms with E-state index in [0.29, 0.717) is 5.04 Å². The predicted molar refractivity (Wildman–Crippen MR) is 66.3 cm³/mol. The third kappa shape index (κ3) is 1.41. The summed E-state index contributed by atoms with van der Waals surface area (Å²) in [7, 11) is -1.08. The van der Waals surface area contributed by atoms with Crippen molar-refractivity contribution >= 4 is 8.07 Å². The van der Waals surface area contributed by atoms with E-state index in [2.05, 4.69) is 46.0 Å². The molecule has 0 aromatic carbocycles. The van der Waals surface area contributed by atoms with Crippen molar-refractivity contribution in [3.63, 3.8) is 0 Å². The van der Waals surface area contributed by atoms with Gasteiger partial charge in [-0.15, -0.1) is 0 Å². The Bertz CT molecular complexity index is 257. The lowest BCUT2D eigenvalue weighted by atomic mass is 10.1. The van der Waals surface area contributed by atoms with Crippen molar-refractivity contribution in [2.24, 2.45) is 11.8 Å². The van der Waals surface area contributed by atoms with Crippen LogP contribution in [0.2, 0.25) is 23.7 Å². The predicted octanol–water partition coefficient (Wildman–Crippen LogP) is 4.46. The molecule has 3 unspecified atom stereocenters. The lowest BCUT2D eigenvalue weighted by Crippen LogP contribution is -2.43. The molecule has 0 aliphatic heterocycles. The lowest BCUT2D eigenvalue weighted by Gasteiger charge is -2.44. The van der Waals surface area contributed by atoms with Crippen LogP contribution in [0.15, 0.2) is 12.2 Å². The zero-order valence-corrected chi connectivity index (χ0v) is 11.3. The van der Waals surface area contributed by atoms with Gasteiger partial charge in [-0.1, -0.05) is 46.0 Å². The molecule has 2 aliphatic carbocycles. The van der Waals surface area contributed by atoms with Gasteiger partial charge in [-0.05, 0) is 35.3 Å². The first-order valence-corrected chi connectivity index (χ1v) is 9.08. The van der Waals surface area contributed by atoms with Crippen molar-refractivity contribution in [3.8, 4) is 0 Å². The van der Waals surface area contributed by atoms with Gasteiger partial charge in [-0.2, -0.15) is 0 Å². The van der Waals surface area contributed by atoms with E-state index in [0.717, 1.165) is 17.4 Å². The first-order chi connectivity index (χ1) is 6.32. The smallest absolute Gasteiger partial charge is 0.0564 e. The van der Waals surface area contributed by atoms with Gasteiger partial charge in [0.1, 0.15) is 0 Å².